The van der Waals surface area contributed by atoms with E-state index in [1.807, 2.05) is 12.1 Å². The van der Waals surface area contributed by atoms with Gasteiger partial charge in [-0.1, -0.05) is 49.7 Å². The highest BCUT2D eigenvalue weighted by Gasteiger charge is 2.16. The van der Waals surface area contributed by atoms with Gasteiger partial charge < -0.3 is 10.6 Å². The van der Waals surface area contributed by atoms with E-state index < -0.39 is 0 Å². The molecule has 3 aromatic rings. The molecule has 0 unspecified atom stereocenters. The lowest BCUT2D eigenvalue weighted by molar-refractivity contribution is 0.0946. The highest BCUT2D eigenvalue weighted by molar-refractivity contribution is 6.30. The summed E-state index contributed by atoms with van der Waals surface area (Å²) in [5.41, 5.74) is 3.27. The summed E-state index contributed by atoms with van der Waals surface area (Å²) < 4.78 is 0. The normalized spacial score (nSPS) is 10.8. The van der Waals surface area contributed by atoms with Crippen molar-refractivity contribution in [2.24, 2.45) is 0 Å². The van der Waals surface area contributed by atoms with Crippen LogP contribution in [0.5, 0.6) is 0 Å². The number of carbonyl (C=O) groups is 1. The van der Waals surface area contributed by atoms with Gasteiger partial charge in [0.1, 0.15) is 0 Å². The first-order valence-corrected chi connectivity index (χ1v) is 8.71. The number of amides is 1. The monoisotopic (exact) mass is 369 g/mol. The van der Waals surface area contributed by atoms with Crippen molar-refractivity contribution in [3.63, 3.8) is 0 Å². The Morgan fingerprint density at radius 1 is 1.08 bits per heavy atom. The lowest BCUT2D eigenvalue weighted by Gasteiger charge is -2.08. The summed E-state index contributed by atoms with van der Waals surface area (Å²) in [4.78, 5) is 12.4. The number of anilines is 2. The molecule has 0 fully saturated rings. The molecule has 0 saturated heterocycles. The maximum Gasteiger partial charge on any atom is 0.275 e. The second kappa shape index (κ2) is 8.01. The Morgan fingerprint density at radius 2 is 1.77 bits per heavy atom. The van der Waals surface area contributed by atoms with Gasteiger partial charge in [-0.25, -0.2) is 0 Å². The Bertz CT molecular complexity index is 872. The van der Waals surface area contributed by atoms with Crippen LogP contribution in [-0.2, 0) is 6.54 Å². The highest BCUT2D eigenvalue weighted by Crippen LogP contribution is 2.19. The van der Waals surface area contributed by atoms with Crippen molar-refractivity contribution >= 4 is 29.0 Å². The fraction of sp³-hybridized carbons (Fsp3) is 0.211. The number of carbonyl (C=O) groups excluding carboxylic acids is 1. The molecule has 0 radical (unpaired) electrons. The largest absolute Gasteiger partial charge is 0.346 e. The Balaban J connectivity index is 1.63. The van der Waals surface area contributed by atoms with Crippen LogP contribution in [0.2, 0.25) is 5.02 Å². The molecule has 0 bridgehead atoms. The zero-order valence-corrected chi connectivity index (χ0v) is 15.3. The molecule has 0 saturated carbocycles. The maximum atomic E-state index is 12.4. The van der Waals surface area contributed by atoms with Crippen LogP contribution < -0.4 is 10.6 Å². The van der Waals surface area contributed by atoms with Crippen molar-refractivity contribution in [2.45, 2.75) is 26.3 Å². The number of rotatable bonds is 6. The lowest BCUT2D eigenvalue weighted by Crippen LogP contribution is -2.24. The van der Waals surface area contributed by atoms with E-state index in [2.05, 4.69) is 52.0 Å². The SMILES string of the molecule is CC(C)c1ccc(CNC(=O)c2n[nH]nc2Nc2ccc(Cl)cc2)cc1. The molecular formula is C19H20ClN5O. The number of halogens is 1. The topological polar surface area (TPSA) is 82.7 Å². The number of aromatic nitrogens is 3. The van der Waals surface area contributed by atoms with Crippen molar-refractivity contribution in [3.05, 3.63) is 70.4 Å². The summed E-state index contributed by atoms with van der Waals surface area (Å²) in [6, 6.07) is 15.3. The molecule has 0 aliphatic rings. The summed E-state index contributed by atoms with van der Waals surface area (Å²) in [5.74, 6) is 0.540. The number of benzene rings is 2. The fourth-order valence-electron chi connectivity index (χ4n) is 2.43. The predicted octanol–water partition coefficient (Wildman–Crippen LogP) is 4.26. The van der Waals surface area contributed by atoms with E-state index in [0.29, 0.717) is 23.3 Å². The van der Waals surface area contributed by atoms with Gasteiger partial charge in [-0.15, -0.1) is 10.2 Å². The number of hydrogen-bond acceptors (Lipinski definition) is 4. The summed E-state index contributed by atoms with van der Waals surface area (Å²) in [7, 11) is 0. The van der Waals surface area contributed by atoms with Crippen molar-refractivity contribution in [1.82, 2.24) is 20.7 Å². The molecule has 0 atom stereocenters. The van der Waals surface area contributed by atoms with Crippen LogP contribution in [0.4, 0.5) is 11.5 Å². The second-order valence-corrected chi connectivity index (χ2v) is 6.67. The number of hydrogen-bond donors (Lipinski definition) is 3. The first kappa shape index (κ1) is 17.9. The Kier molecular flexibility index (Phi) is 5.53. The molecular weight excluding hydrogens is 350 g/mol. The molecule has 3 rings (SSSR count). The summed E-state index contributed by atoms with van der Waals surface area (Å²) in [5, 5.41) is 17.0. The third-order valence-electron chi connectivity index (χ3n) is 3.97. The molecule has 3 N–H and O–H groups in total. The minimum atomic E-state index is -0.303. The molecule has 2 aromatic carbocycles. The first-order chi connectivity index (χ1) is 12.5. The predicted molar refractivity (Wildman–Crippen MR) is 103 cm³/mol. The summed E-state index contributed by atoms with van der Waals surface area (Å²) >= 11 is 5.88. The average molecular weight is 370 g/mol. The van der Waals surface area contributed by atoms with Crippen LogP contribution in [0.15, 0.2) is 48.5 Å². The van der Waals surface area contributed by atoms with Crippen LogP contribution >= 0.6 is 11.6 Å². The third kappa shape index (κ3) is 4.40. The zero-order valence-electron chi connectivity index (χ0n) is 14.6. The van der Waals surface area contributed by atoms with Gasteiger partial charge in [0, 0.05) is 17.3 Å². The fourth-order valence-corrected chi connectivity index (χ4v) is 2.56. The Hall–Kier alpha value is -2.86. The van der Waals surface area contributed by atoms with Gasteiger partial charge in [-0.3, -0.25) is 4.79 Å². The van der Waals surface area contributed by atoms with Gasteiger partial charge in [0.2, 0.25) is 0 Å². The molecule has 1 aromatic heterocycles. The number of nitrogens with zero attached hydrogens (tertiary/aromatic N) is 2. The van der Waals surface area contributed by atoms with Gasteiger partial charge in [0.05, 0.1) is 0 Å². The molecule has 1 heterocycles. The molecule has 134 valence electrons. The summed E-state index contributed by atoms with van der Waals surface area (Å²) in [6.07, 6.45) is 0. The van der Waals surface area contributed by atoms with E-state index >= 15 is 0 Å². The molecule has 26 heavy (non-hydrogen) atoms. The number of aromatic amines is 1. The van der Waals surface area contributed by atoms with Crippen LogP contribution in [0, 0.1) is 0 Å². The van der Waals surface area contributed by atoms with E-state index in [0.717, 1.165) is 11.3 Å². The standard InChI is InChI=1S/C19H20ClN5O/c1-12(2)14-5-3-13(4-6-14)11-21-19(26)17-18(24-25-23-17)22-16-9-7-15(20)8-10-16/h3-10,12H,11H2,1-2H3,(H,21,26)(H2,22,23,24,25). The second-order valence-electron chi connectivity index (χ2n) is 6.23. The van der Waals surface area contributed by atoms with Crippen molar-refractivity contribution in [1.29, 1.82) is 0 Å². The van der Waals surface area contributed by atoms with Gasteiger partial charge in [-0.2, -0.15) is 5.21 Å². The third-order valence-corrected chi connectivity index (χ3v) is 4.22. The van der Waals surface area contributed by atoms with Crippen molar-refractivity contribution in [3.8, 4) is 0 Å². The van der Waals surface area contributed by atoms with Crippen molar-refractivity contribution < 1.29 is 4.79 Å². The van der Waals surface area contributed by atoms with Crippen LogP contribution in [0.3, 0.4) is 0 Å². The van der Waals surface area contributed by atoms with E-state index in [9.17, 15) is 4.79 Å². The number of nitrogens with one attached hydrogen (secondary N) is 3. The van der Waals surface area contributed by atoms with Gasteiger partial charge >= 0.3 is 0 Å². The Labute approximate surface area is 157 Å². The smallest absolute Gasteiger partial charge is 0.275 e. The van der Waals surface area contributed by atoms with Gasteiger partial charge in [0.15, 0.2) is 11.5 Å². The van der Waals surface area contributed by atoms with Crippen molar-refractivity contribution in [2.75, 3.05) is 5.32 Å². The molecule has 0 aliphatic heterocycles. The zero-order chi connectivity index (χ0) is 18.5. The maximum absolute atomic E-state index is 12.4. The van der Waals surface area contributed by atoms with E-state index in [1.54, 1.807) is 24.3 Å². The lowest BCUT2D eigenvalue weighted by atomic mass is 10.0. The van der Waals surface area contributed by atoms with Crippen LogP contribution in [0.1, 0.15) is 41.4 Å². The first-order valence-electron chi connectivity index (χ1n) is 8.33. The highest BCUT2D eigenvalue weighted by atomic mass is 35.5. The van der Waals surface area contributed by atoms with E-state index in [4.69, 9.17) is 11.6 Å². The molecule has 0 aliphatic carbocycles. The minimum absolute atomic E-state index is 0.207. The molecule has 7 heteroatoms. The summed E-state index contributed by atoms with van der Waals surface area (Å²) in [6.45, 7) is 4.72. The van der Waals surface area contributed by atoms with Crippen LogP contribution in [-0.4, -0.2) is 21.3 Å². The molecule has 0 spiro atoms. The van der Waals surface area contributed by atoms with E-state index in [1.165, 1.54) is 5.56 Å². The minimum Gasteiger partial charge on any atom is -0.346 e. The van der Waals surface area contributed by atoms with Gasteiger partial charge in [-0.05, 0) is 41.3 Å². The van der Waals surface area contributed by atoms with Crippen LogP contribution in [0.25, 0.3) is 0 Å². The quantitative estimate of drug-likeness (QED) is 0.606. The average Bonchev–Trinajstić information content (AvgIpc) is 3.10. The molecule has 1 amide bonds. The Morgan fingerprint density at radius 3 is 2.42 bits per heavy atom. The molecule has 6 nitrogen and oxygen atoms in total. The van der Waals surface area contributed by atoms with Gasteiger partial charge in [0.25, 0.3) is 5.91 Å². The van der Waals surface area contributed by atoms with E-state index in [-0.39, 0.29) is 11.6 Å². The number of H-pyrrole nitrogens is 1.